The number of alkyl halides is 3. The molecule has 200 valence electrons. The summed E-state index contributed by atoms with van der Waals surface area (Å²) in [7, 11) is -3.22. The number of aliphatic hydroxyl groups is 1. The minimum absolute atomic E-state index is 0.0447. The molecule has 1 saturated heterocycles. The zero-order valence-electron chi connectivity index (χ0n) is 20.2. The number of halogens is 4. The van der Waals surface area contributed by atoms with Gasteiger partial charge in [0, 0.05) is 11.8 Å². The number of benzene rings is 1. The molecule has 3 aromatic rings. The van der Waals surface area contributed by atoms with Gasteiger partial charge in [-0.2, -0.15) is 5.10 Å². The summed E-state index contributed by atoms with van der Waals surface area (Å²) in [5, 5.41) is 17.6. The van der Waals surface area contributed by atoms with Crippen molar-refractivity contribution in [2.24, 2.45) is 0 Å². The van der Waals surface area contributed by atoms with Gasteiger partial charge < -0.3 is 15.2 Å². The third-order valence-electron chi connectivity index (χ3n) is 6.12. The number of nitrogens with one attached hydrogen (secondary N) is 1. The molecule has 37 heavy (non-hydrogen) atoms. The fourth-order valence-corrected chi connectivity index (χ4v) is 6.15. The summed E-state index contributed by atoms with van der Waals surface area (Å²) in [5.41, 5.74) is -2.44. The highest BCUT2D eigenvalue weighted by Gasteiger charge is 2.46. The van der Waals surface area contributed by atoms with Gasteiger partial charge in [0.2, 0.25) is 0 Å². The highest BCUT2D eigenvalue weighted by molar-refractivity contribution is 7.93. The number of aromatic nitrogens is 3. The SMILES string of the molecule is C[C@@H](n1nc(-c2cc(OC(F)(F)F)ccc2F)c2ncc(C(=O)NC3(C)CS(=O)(=O)C3)cc21)C(C)(C)O. The third kappa shape index (κ3) is 5.54. The van der Waals surface area contributed by atoms with Crippen molar-refractivity contribution >= 4 is 26.8 Å². The Kier molecular flexibility index (Phi) is 6.27. The van der Waals surface area contributed by atoms with Crippen LogP contribution in [0.5, 0.6) is 5.75 Å². The largest absolute Gasteiger partial charge is 0.573 e. The monoisotopic (exact) mass is 544 g/mol. The normalized spacial score (nSPS) is 17.8. The quantitative estimate of drug-likeness (QED) is 0.456. The fraction of sp³-hybridized carbons (Fsp3) is 0.435. The lowest BCUT2D eigenvalue weighted by atomic mass is 10.0. The smallest absolute Gasteiger partial charge is 0.406 e. The molecule has 2 aromatic heterocycles. The molecule has 0 spiro atoms. The number of hydrogen-bond acceptors (Lipinski definition) is 7. The molecule has 1 aliphatic heterocycles. The van der Waals surface area contributed by atoms with Gasteiger partial charge in [0.1, 0.15) is 22.8 Å². The van der Waals surface area contributed by atoms with E-state index < -0.39 is 50.9 Å². The summed E-state index contributed by atoms with van der Waals surface area (Å²) in [6, 6.07) is 3.11. The Labute approximate surface area is 209 Å². The lowest BCUT2D eigenvalue weighted by Gasteiger charge is -2.38. The van der Waals surface area contributed by atoms with E-state index in [1.807, 2.05) is 0 Å². The number of fused-ring (bicyclic) bond motifs is 1. The molecule has 0 bridgehead atoms. The summed E-state index contributed by atoms with van der Waals surface area (Å²) in [4.78, 5) is 17.1. The number of pyridine rings is 1. The topological polar surface area (TPSA) is 123 Å². The number of carbonyl (C=O) groups excluding carboxylic acids is 1. The van der Waals surface area contributed by atoms with E-state index in [-0.39, 0.29) is 39.4 Å². The Morgan fingerprint density at radius 3 is 2.46 bits per heavy atom. The molecule has 1 aliphatic rings. The van der Waals surface area contributed by atoms with Gasteiger partial charge in [0.05, 0.1) is 39.8 Å². The molecule has 0 radical (unpaired) electrons. The van der Waals surface area contributed by atoms with Gasteiger partial charge in [-0.15, -0.1) is 13.2 Å². The minimum atomic E-state index is -5.00. The van der Waals surface area contributed by atoms with E-state index in [2.05, 4.69) is 20.1 Å². The highest BCUT2D eigenvalue weighted by Crippen LogP contribution is 2.36. The van der Waals surface area contributed by atoms with Gasteiger partial charge in [0.15, 0.2) is 9.84 Å². The van der Waals surface area contributed by atoms with E-state index in [0.717, 1.165) is 18.2 Å². The molecule has 2 N–H and O–H groups in total. The zero-order valence-corrected chi connectivity index (χ0v) is 21.0. The maximum Gasteiger partial charge on any atom is 0.573 e. The first-order valence-corrected chi connectivity index (χ1v) is 12.9. The number of sulfone groups is 1. The van der Waals surface area contributed by atoms with Crippen molar-refractivity contribution in [3.05, 3.63) is 41.8 Å². The van der Waals surface area contributed by atoms with Crippen molar-refractivity contribution < 1.29 is 40.6 Å². The summed E-state index contributed by atoms with van der Waals surface area (Å²) in [6.45, 7) is 6.22. The summed E-state index contributed by atoms with van der Waals surface area (Å²) in [6.07, 6.45) is -3.82. The van der Waals surface area contributed by atoms with Crippen LogP contribution in [0.4, 0.5) is 17.6 Å². The van der Waals surface area contributed by atoms with Gasteiger partial charge in [-0.1, -0.05) is 0 Å². The van der Waals surface area contributed by atoms with Crippen LogP contribution >= 0.6 is 0 Å². The second kappa shape index (κ2) is 8.65. The first kappa shape index (κ1) is 26.8. The van der Waals surface area contributed by atoms with Crippen molar-refractivity contribution in [1.82, 2.24) is 20.1 Å². The summed E-state index contributed by atoms with van der Waals surface area (Å²) < 4.78 is 81.3. The predicted octanol–water partition coefficient (Wildman–Crippen LogP) is 3.38. The summed E-state index contributed by atoms with van der Waals surface area (Å²) in [5.74, 6) is -2.59. The Hall–Kier alpha value is -3.26. The molecule has 1 fully saturated rings. The van der Waals surface area contributed by atoms with Crippen LogP contribution in [0.2, 0.25) is 0 Å². The standard InChI is InChI=1S/C23H24F4N4O5S/c1-12(21(2,3)33)31-17-7-13(20(32)29-22(4)10-37(34,35)11-22)9-28-19(17)18(30-31)15-8-14(5-6-16(15)24)36-23(25,26)27/h5-9,12,33H,10-11H2,1-4H3,(H,29,32)/t12-/m1/s1. The Morgan fingerprint density at radius 1 is 1.24 bits per heavy atom. The van der Waals surface area contributed by atoms with Gasteiger partial charge in [-0.3, -0.25) is 14.5 Å². The molecule has 0 aliphatic carbocycles. The van der Waals surface area contributed by atoms with E-state index in [1.54, 1.807) is 13.8 Å². The van der Waals surface area contributed by atoms with E-state index in [1.165, 1.54) is 30.8 Å². The van der Waals surface area contributed by atoms with Gasteiger partial charge >= 0.3 is 6.36 Å². The molecule has 1 amide bonds. The van der Waals surface area contributed by atoms with Crippen molar-refractivity contribution in [1.29, 1.82) is 0 Å². The lowest BCUT2D eigenvalue weighted by Crippen LogP contribution is -2.63. The van der Waals surface area contributed by atoms with Crippen molar-refractivity contribution in [3.63, 3.8) is 0 Å². The average molecular weight is 545 g/mol. The maximum atomic E-state index is 14.8. The van der Waals surface area contributed by atoms with Gasteiger partial charge in [0.25, 0.3) is 5.91 Å². The number of nitrogens with zero attached hydrogens (tertiary/aromatic N) is 3. The van der Waals surface area contributed by atoms with E-state index in [9.17, 15) is 35.9 Å². The molecule has 14 heteroatoms. The Morgan fingerprint density at radius 2 is 1.89 bits per heavy atom. The molecule has 1 aromatic carbocycles. The van der Waals surface area contributed by atoms with Crippen LogP contribution < -0.4 is 10.1 Å². The number of carbonyl (C=O) groups is 1. The number of ether oxygens (including phenoxy) is 1. The molecule has 4 rings (SSSR count). The number of hydrogen-bond donors (Lipinski definition) is 2. The Balaban J connectivity index is 1.82. The molecule has 1 atom stereocenters. The van der Waals surface area contributed by atoms with Crippen LogP contribution in [0.3, 0.4) is 0 Å². The fourth-order valence-electron chi connectivity index (χ4n) is 4.15. The number of amides is 1. The average Bonchev–Trinajstić information content (AvgIpc) is 3.09. The second-order valence-corrected chi connectivity index (χ2v) is 12.0. The Bertz CT molecular complexity index is 1480. The van der Waals surface area contributed by atoms with Gasteiger partial charge in [-0.05, 0) is 52.0 Å². The zero-order chi connectivity index (χ0) is 27.6. The first-order valence-electron chi connectivity index (χ1n) is 11.1. The van der Waals surface area contributed by atoms with Crippen LogP contribution in [0.15, 0.2) is 30.5 Å². The molecular formula is C23H24F4N4O5S. The molecular weight excluding hydrogens is 520 g/mol. The van der Waals surface area contributed by atoms with Gasteiger partial charge in [-0.25, -0.2) is 12.8 Å². The second-order valence-electron chi connectivity index (χ2n) is 9.95. The third-order valence-corrected chi connectivity index (χ3v) is 8.27. The summed E-state index contributed by atoms with van der Waals surface area (Å²) >= 11 is 0. The molecule has 9 nitrogen and oxygen atoms in total. The van der Waals surface area contributed by atoms with Crippen LogP contribution in [-0.2, 0) is 9.84 Å². The predicted molar refractivity (Wildman–Crippen MR) is 125 cm³/mol. The molecule has 3 heterocycles. The van der Waals surface area contributed by atoms with E-state index in [4.69, 9.17) is 0 Å². The van der Waals surface area contributed by atoms with E-state index in [0.29, 0.717) is 0 Å². The molecule has 0 unspecified atom stereocenters. The number of rotatable bonds is 6. The van der Waals surface area contributed by atoms with Crippen LogP contribution in [0.1, 0.15) is 44.1 Å². The van der Waals surface area contributed by atoms with Crippen LogP contribution in [0.25, 0.3) is 22.3 Å². The van der Waals surface area contributed by atoms with Crippen molar-refractivity contribution in [3.8, 4) is 17.0 Å². The first-order chi connectivity index (χ1) is 16.9. The van der Waals surface area contributed by atoms with Crippen molar-refractivity contribution in [2.45, 2.75) is 51.2 Å². The lowest BCUT2D eigenvalue weighted by molar-refractivity contribution is -0.274. The van der Waals surface area contributed by atoms with Crippen LogP contribution in [0, 0.1) is 5.82 Å². The maximum absolute atomic E-state index is 14.8. The minimum Gasteiger partial charge on any atom is -0.406 e. The molecule has 0 saturated carbocycles. The van der Waals surface area contributed by atoms with E-state index >= 15 is 0 Å². The van der Waals surface area contributed by atoms with Crippen LogP contribution in [-0.4, -0.2) is 63.2 Å². The highest BCUT2D eigenvalue weighted by atomic mass is 32.2. The van der Waals surface area contributed by atoms with Crippen molar-refractivity contribution in [2.75, 3.05) is 11.5 Å².